The molecule has 1 amide bonds. The Morgan fingerprint density at radius 1 is 1.08 bits per heavy atom. The van der Waals surface area contributed by atoms with E-state index in [4.69, 9.17) is 4.74 Å². The molecular formula is C19H27N3O2. The van der Waals surface area contributed by atoms with Crippen molar-refractivity contribution < 1.29 is 9.53 Å². The number of hydrogen-bond donors (Lipinski definition) is 0. The van der Waals surface area contributed by atoms with Crippen molar-refractivity contribution in [1.82, 2.24) is 9.88 Å². The summed E-state index contributed by atoms with van der Waals surface area (Å²) in [5.41, 5.74) is 1.69. The Morgan fingerprint density at radius 2 is 1.88 bits per heavy atom. The molecule has 1 aliphatic carbocycles. The minimum Gasteiger partial charge on any atom is -0.378 e. The lowest BCUT2D eigenvalue weighted by atomic mass is 9.78. The maximum Gasteiger partial charge on any atom is 0.272 e. The zero-order valence-corrected chi connectivity index (χ0v) is 14.3. The summed E-state index contributed by atoms with van der Waals surface area (Å²) >= 11 is 0. The molecule has 4 rings (SSSR count). The van der Waals surface area contributed by atoms with Crippen LogP contribution in [-0.2, 0) is 4.74 Å². The molecule has 130 valence electrons. The lowest BCUT2D eigenvalue weighted by molar-refractivity contribution is 0.0385. The lowest BCUT2D eigenvalue weighted by Crippen LogP contribution is -2.49. The summed E-state index contributed by atoms with van der Waals surface area (Å²) < 4.78 is 5.42. The molecule has 0 unspecified atom stereocenters. The Kier molecular flexibility index (Phi) is 4.69. The van der Waals surface area contributed by atoms with Gasteiger partial charge in [-0.1, -0.05) is 12.8 Å². The highest BCUT2D eigenvalue weighted by atomic mass is 16.5. The van der Waals surface area contributed by atoms with Crippen molar-refractivity contribution in [3.05, 3.63) is 24.0 Å². The number of carbonyl (C=O) groups is 1. The van der Waals surface area contributed by atoms with E-state index in [0.29, 0.717) is 17.7 Å². The van der Waals surface area contributed by atoms with Crippen LogP contribution in [0.1, 0.15) is 49.0 Å². The van der Waals surface area contributed by atoms with Crippen LogP contribution in [0, 0.1) is 5.92 Å². The Bertz CT molecular complexity index is 584. The summed E-state index contributed by atoms with van der Waals surface area (Å²) in [4.78, 5) is 21.9. The number of amides is 1. The molecule has 0 spiro atoms. The van der Waals surface area contributed by atoms with Crippen molar-refractivity contribution in [2.45, 2.75) is 44.6 Å². The maximum absolute atomic E-state index is 13.1. The summed E-state index contributed by atoms with van der Waals surface area (Å²) in [6.45, 7) is 4.16. The first-order chi connectivity index (χ1) is 11.8. The number of nitrogens with zero attached hydrogens (tertiary/aromatic N) is 3. The number of aromatic nitrogens is 1. The summed E-state index contributed by atoms with van der Waals surface area (Å²) in [5, 5.41) is 0. The molecule has 2 saturated heterocycles. The van der Waals surface area contributed by atoms with Crippen LogP contribution >= 0.6 is 0 Å². The van der Waals surface area contributed by atoms with Gasteiger partial charge in [0.2, 0.25) is 0 Å². The van der Waals surface area contributed by atoms with Gasteiger partial charge in [0.25, 0.3) is 5.91 Å². The van der Waals surface area contributed by atoms with E-state index in [2.05, 4.69) is 14.8 Å². The molecule has 3 fully saturated rings. The molecule has 2 aliphatic heterocycles. The van der Waals surface area contributed by atoms with Gasteiger partial charge in [-0.25, -0.2) is 0 Å². The first kappa shape index (κ1) is 15.9. The van der Waals surface area contributed by atoms with Gasteiger partial charge in [-0.2, -0.15) is 0 Å². The van der Waals surface area contributed by atoms with E-state index in [1.165, 1.54) is 32.1 Å². The Morgan fingerprint density at radius 3 is 2.75 bits per heavy atom. The first-order valence-electron chi connectivity index (χ1n) is 9.42. The third-order valence-electron chi connectivity index (χ3n) is 5.84. The average Bonchev–Trinajstić information content (AvgIpc) is 2.68. The van der Waals surface area contributed by atoms with E-state index in [1.807, 2.05) is 12.1 Å². The number of piperidine rings is 1. The quantitative estimate of drug-likeness (QED) is 0.837. The average molecular weight is 329 g/mol. The van der Waals surface area contributed by atoms with Crippen molar-refractivity contribution in [2.24, 2.45) is 5.92 Å². The number of carbonyl (C=O) groups excluding carboxylic acids is 1. The number of morpholine rings is 1. The third-order valence-corrected chi connectivity index (χ3v) is 5.84. The number of pyridine rings is 1. The minimum absolute atomic E-state index is 0.127. The van der Waals surface area contributed by atoms with Crippen LogP contribution in [0.25, 0.3) is 0 Å². The van der Waals surface area contributed by atoms with Gasteiger partial charge in [0.1, 0.15) is 5.69 Å². The molecule has 1 aromatic rings. The summed E-state index contributed by atoms with van der Waals surface area (Å²) in [7, 11) is 0. The molecule has 1 aromatic heterocycles. The van der Waals surface area contributed by atoms with E-state index < -0.39 is 0 Å². The maximum atomic E-state index is 13.1. The largest absolute Gasteiger partial charge is 0.378 e. The third kappa shape index (κ3) is 3.14. The summed E-state index contributed by atoms with van der Waals surface area (Å²) in [6.07, 6.45) is 9.24. The molecular weight excluding hydrogens is 302 g/mol. The van der Waals surface area contributed by atoms with Crippen molar-refractivity contribution in [1.29, 1.82) is 0 Å². The molecule has 3 heterocycles. The number of anilines is 1. The smallest absolute Gasteiger partial charge is 0.272 e. The molecule has 0 N–H and O–H groups in total. The van der Waals surface area contributed by atoms with E-state index in [-0.39, 0.29) is 5.91 Å². The Hall–Kier alpha value is -1.62. The second-order valence-corrected chi connectivity index (χ2v) is 7.25. The summed E-state index contributed by atoms with van der Waals surface area (Å²) in [6, 6.07) is 4.41. The van der Waals surface area contributed by atoms with Crippen LogP contribution in [0.2, 0.25) is 0 Å². The fourth-order valence-electron chi connectivity index (χ4n) is 4.58. The monoisotopic (exact) mass is 329 g/mol. The zero-order chi connectivity index (χ0) is 16.4. The molecule has 24 heavy (non-hydrogen) atoms. The predicted molar refractivity (Wildman–Crippen MR) is 93.3 cm³/mol. The van der Waals surface area contributed by atoms with Crippen molar-refractivity contribution in [3.8, 4) is 0 Å². The lowest BCUT2D eigenvalue weighted by Gasteiger charge is -2.44. The van der Waals surface area contributed by atoms with Crippen molar-refractivity contribution in [3.63, 3.8) is 0 Å². The Labute approximate surface area is 144 Å². The van der Waals surface area contributed by atoms with Crippen LogP contribution in [0.3, 0.4) is 0 Å². The minimum atomic E-state index is 0.127. The molecule has 0 radical (unpaired) electrons. The van der Waals surface area contributed by atoms with Gasteiger partial charge in [0, 0.05) is 37.6 Å². The van der Waals surface area contributed by atoms with Gasteiger partial charge in [-0.3, -0.25) is 9.78 Å². The van der Waals surface area contributed by atoms with E-state index in [0.717, 1.165) is 45.0 Å². The fourth-order valence-corrected chi connectivity index (χ4v) is 4.58. The fraction of sp³-hybridized carbons (Fsp3) is 0.684. The molecule has 0 aromatic carbocycles. The number of ether oxygens (including phenoxy) is 1. The Balaban J connectivity index is 1.53. The molecule has 5 nitrogen and oxygen atoms in total. The zero-order valence-electron chi connectivity index (χ0n) is 14.3. The van der Waals surface area contributed by atoms with Crippen LogP contribution in [0.15, 0.2) is 18.3 Å². The molecule has 0 bridgehead atoms. The van der Waals surface area contributed by atoms with Crippen molar-refractivity contribution in [2.75, 3.05) is 37.7 Å². The number of likely N-dealkylation sites (tertiary alicyclic amines) is 1. The van der Waals surface area contributed by atoms with Crippen LogP contribution < -0.4 is 4.90 Å². The molecule has 3 aliphatic rings. The van der Waals surface area contributed by atoms with Gasteiger partial charge in [0.15, 0.2) is 0 Å². The normalized spacial score (nSPS) is 27.7. The van der Waals surface area contributed by atoms with Crippen LogP contribution in [0.4, 0.5) is 5.69 Å². The highest BCUT2D eigenvalue weighted by Gasteiger charge is 2.36. The second-order valence-electron chi connectivity index (χ2n) is 7.25. The van der Waals surface area contributed by atoms with E-state index in [9.17, 15) is 4.79 Å². The topological polar surface area (TPSA) is 45.7 Å². The highest BCUT2D eigenvalue weighted by molar-refractivity contribution is 5.93. The van der Waals surface area contributed by atoms with Gasteiger partial charge in [-0.15, -0.1) is 0 Å². The number of fused-ring (bicyclic) bond motifs is 1. The van der Waals surface area contributed by atoms with Gasteiger partial charge >= 0.3 is 0 Å². The predicted octanol–water partition coefficient (Wildman–Crippen LogP) is 2.71. The molecule has 2 atom stereocenters. The molecule has 1 saturated carbocycles. The number of hydrogen-bond acceptors (Lipinski definition) is 4. The highest BCUT2D eigenvalue weighted by Crippen LogP contribution is 2.36. The van der Waals surface area contributed by atoms with E-state index in [1.54, 1.807) is 6.20 Å². The SMILES string of the molecule is O=C(c1cc(N2CCOCC2)ccn1)N1CCC[C@@H]2CCCC[C@H]21. The standard InChI is InChI=1S/C19H27N3O2/c23-19(22-9-3-5-15-4-1-2-6-18(15)22)17-14-16(7-8-20-17)21-10-12-24-13-11-21/h7-8,14-15,18H,1-6,9-13H2/t15-,18+/m0/s1. The first-order valence-corrected chi connectivity index (χ1v) is 9.42. The summed E-state index contributed by atoms with van der Waals surface area (Å²) in [5.74, 6) is 0.834. The van der Waals surface area contributed by atoms with Crippen molar-refractivity contribution >= 4 is 11.6 Å². The van der Waals surface area contributed by atoms with Gasteiger partial charge in [-0.05, 0) is 43.7 Å². The van der Waals surface area contributed by atoms with E-state index >= 15 is 0 Å². The molecule has 5 heteroatoms. The van der Waals surface area contributed by atoms with Crippen LogP contribution in [0.5, 0.6) is 0 Å². The second kappa shape index (κ2) is 7.09. The van der Waals surface area contributed by atoms with Gasteiger partial charge in [0.05, 0.1) is 13.2 Å². The van der Waals surface area contributed by atoms with Gasteiger partial charge < -0.3 is 14.5 Å². The van der Waals surface area contributed by atoms with Crippen LogP contribution in [-0.4, -0.2) is 54.7 Å². The number of rotatable bonds is 2.